The molecule has 0 aliphatic heterocycles. The Morgan fingerprint density at radius 3 is 2.21 bits per heavy atom. The third-order valence-electron chi connectivity index (χ3n) is 6.85. The van der Waals surface area contributed by atoms with Crippen molar-refractivity contribution < 1.29 is 9.59 Å². The maximum absolute atomic E-state index is 12.5. The highest BCUT2D eigenvalue weighted by atomic mass is 32.1. The van der Waals surface area contributed by atoms with Gasteiger partial charge in [0.05, 0.1) is 12.8 Å². The molecule has 34 heavy (non-hydrogen) atoms. The molecule has 0 unspecified atom stereocenters. The second-order valence-electron chi connectivity index (χ2n) is 9.58. The standard InChI is InChI=1S/C25H32N6O2S/c32-22(26-19-10-3-1-4-11-19)15-17-8-7-9-18(14-17)24-30-31-21(28-29-25(31)34-24)16-23(33)27-20-12-5-2-6-13-20/h7-9,14,19-20H,1-6,10-13,15-16H2,(H,26,32)(H,27,33). The van der Waals surface area contributed by atoms with E-state index in [-0.39, 0.29) is 24.3 Å². The van der Waals surface area contributed by atoms with Gasteiger partial charge in [0.1, 0.15) is 5.01 Å². The van der Waals surface area contributed by atoms with Gasteiger partial charge in [0.2, 0.25) is 16.8 Å². The fourth-order valence-corrected chi connectivity index (χ4v) is 5.93. The molecular formula is C25H32N6O2S. The molecule has 2 saturated carbocycles. The van der Waals surface area contributed by atoms with E-state index in [1.54, 1.807) is 4.52 Å². The van der Waals surface area contributed by atoms with E-state index in [9.17, 15) is 9.59 Å². The molecule has 0 saturated heterocycles. The van der Waals surface area contributed by atoms with E-state index in [1.807, 2.05) is 24.3 Å². The minimum absolute atomic E-state index is 0.0262. The van der Waals surface area contributed by atoms with Gasteiger partial charge in [-0.25, -0.2) is 0 Å². The van der Waals surface area contributed by atoms with Crippen molar-refractivity contribution in [3.05, 3.63) is 35.7 Å². The van der Waals surface area contributed by atoms with E-state index in [1.165, 1.54) is 49.9 Å². The Labute approximate surface area is 203 Å². The van der Waals surface area contributed by atoms with Gasteiger partial charge in [0.15, 0.2) is 5.82 Å². The van der Waals surface area contributed by atoms with Crippen LogP contribution in [0.1, 0.15) is 75.6 Å². The number of benzene rings is 1. The second-order valence-corrected chi connectivity index (χ2v) is 10.5. The molecule has 0 bridgehead atoms. The first-order valence-corrected chi connectivity index (χ1v) is 13.3. The van der Waals surface area contributed by atoms with Crippen LogP contribution >= 0.6 is 11.3 Å². The number of nitrogens with zero attached hydrogens (tertiary/aromatic N) is 4. The molecule has 9 heteroatoms. The largest absolute Gasteiger partial charge is 0.353 e. The number of nitrogens with one attached hydrogen (secondary N) is 2. The molecule has 2 heterocycles. The van der Waals surface area contributed by atoms with Gasteiger partial charge in [-0.1, -0.05) is 68.1 Å². The number of rotatable bonds is 7. The first-order chi connectivity index (χ1) is 16.6. The van der Waals surface area contributed by atoms with Gasteiger partial charge in [-0.05, 0) is 37.3 Å². The Bertz CT molecular complexity index is 1140. The number of hydrogen-bond acceptors (Lipinski definition) is 6. The highest BCUT2D eigenvalue weighted by molar-refractivity contribution is 7.19. The molecule has 0 radical (unpaired) electrons. The minimum atomic E-state index is -0.0262. The van der Waals surface area contributed by atoms with Gasteiger partial charge < -0.3 is 10.6 Å². The van der Waals surface area contributed by atoms with Gasteiger partial charge in [-0.15, -0.1) is 10.2 Å². The van der Waals surface area contributed by atoms with Crippen LogP contribution in [-0.2, 0) is 22.4 Å². The van der Waals surface area contributed by atoms with Gasteiger partial charge >= 0.3 is 0 Å². The number of hydrogen-bond donors (Lipinski definition) is 2. The van der Waals surface area contributed by atoms with Crippen molar-refractivity contribution in [2.75, 3.05) is 0 Å². The topological polar surface area (TPSA) is 101 Å². The number of carbonyl (C=O) groups is 2. The summed E-state index contributed by atoms with van der Waals surface area (Å²) in [6.45, 7) is 0. The molecule has 5 rings (SSSR count). The molecule has 2 aliphatic carbocycles. The van der Waals surface area contributed by atoms with Crippen LogP contribution in [-0.4, -0.2) is 43.7 Å². The van der Waals surface area contributed by atoms with E-state index < -0.39 is 0 Å². The summed E-state index contributed by atoms with van der Waals surface area (Å²) in [6.07, 6.45) is 12.1. The lowest BCUT2D eigenvalue weighted by atomic mass is 9.95. The molecule has 0 atom stereocenters. The van der Waals surface area contributed by atoms with Gasteiger partial charge in [-0.3, -0.25) is 9.59 Å². The average molecular weight is 481 g/mol. The zero-order valence-electron chi connectivity index (χ0n) is 19.5. The smallest absolute Gasteiger partial charge is 0.234 e. The molecular weight excluding hydrogens is 448 g/mol. The third kappa shape index (κ3) is 5.63. The number of carbonyl (C=O) groups excluding carboxylic acids is 2. The van der Waals surface area contributed by atoms with Crippen molar-refractivity contribution in [3.63, 3.8) is 0 Å². The lowest BCUT2D eigenvalue weighted by Crippen LogP contribution is -2.37. The molecule has 180 valence electrons. The van der Waals surface area contributed by atoms with Gasteiger partial charge in [0.25, 0.3) is 0 Å². The molecule has 8 nitrogen and oxygen atoms in total. The van der Waals surface area contributed by atoms with Crippen molar-refractivity contribution in [2.45, 2.75) is 89.1 Å². The summed E-state index contributed by atoms with van der Waals surface area (Å²) >= 11 is 1.44. The summed E-state index contributed by atoms with van der Waals surface area (Å²) in [6, 6.07) is 8.53. The van der Waals surface area contributed by atoms with Crippen molar-refractivity contribution in [2.24, 2.45) is 0 Å². The van der Waals surface area contributed by atoms with E-state index in [0.29, 0.717) is 23.2 Å². The van der Waals surface area contributed by atoms with Crippen molar-refractivity contribution >= 4 is 28.1 Å². The van der Waals surface area contributed by atoms with Crippen LogP contribution in [0.15, 0.2) is 24.3 Å². The van der Waals surface area contributed by atoms with Crippen molar-refractivity contribution in [1.82, 2.24) is 30.4 Å². The molecule has 2 aliphatic rings. The summed E-state index contributed by atoms with van der Waals surface area (Å²) in [5.74, 6) is 0.601. The molecule has 2 fully saturated rings. The normalized spacial score (nSPS) is 17.6. The summed E-state index contributed by atoms with van der Waals surface area (Å²) in [4.78, 5) is 25.7. The number of amides is 2. The summed E-state index contributed by atoms with van der Waals surface area (Å²) in [7, 11) is 0. The first kappa shape index (κ1) is 23.0. The molecule has 2 amide bonds. The SMILES string of the molecule is O=C(Cc1cccc(-c2nn3c(CC(=O)NC4CCCCC4)nnc3s2)c1)NC1CCCCC1. The molecule has 2 aromatic heterocycles. The zero-order chi connectivity index (χ0) is 23.3. The predicted molar refractivity (Wildman–Crippen MR) is 132 cm³/mol. The lowest BCUT2D eigenvalue weighted by Gasteiger charge is -2.22. The second kappa shape index (κ2) is 10.6. The maximum Gasteiger partial charge on any atom is 0.234 e. The van der Waals surface area contributed by atoms with Crippen LogP contribution in [0.3, 0.4) is 0 Å². The monoisotopic (exact) mass is 480 g/mol. The van der Waals surface area contributed by atoms with E-state index >= 15 is 0 Å². The highest BCUT2D eigenvalue weighted by Crippen LogP contribution is 2.27. The summed E-state index contributed by atoms with van der Waals surface area (Å²) in [5, 5.41) is 20.2. The van der Waals surface area contributed by atoms with E-state index in [2.05, 4.69) is 25.9 Å². The Hall–Kier alpha value is -2.81. The number of fused-ring (bicyclic) bond motifs is 1. The number of aromatic nitrogens is 4. The third-order valence-corrected chi connectivity index (χ3v) is 7.80. The maximum atomic E-state index is 12.5. The average Bonchev–Trinajstić information content (AvgIpc) is 3.42. The van der Waals surface area contributed by atoms with Crippen LogP contribution in [0.5, 0.6) is 0 Å². The Morgan fingerprint density at radius 1 is 0.882 bits per heavy atom. The fraction of sp³-hybridized carbons (Fsp3) is 0.560. The Balaban J connectivity index is 1.24. The molecule has 2 N–H and O–H groups in total. The van der Waals surface area contributed by atoms with Crippen LogP contribution in [0.4, 0.5) is 0 Å². The van der Waals surface area contributed by atoms with Crippen LogP contribution in [0.2, 0.25) is 0 Å². The fourth-order valence-electron chi connectivity index (χ4n) is 5.08. The molecule has 3 aromatic rings. The molecule has 1 aromatic carbocycles. The minimum Gasteiger partial charge on any atom is -0.353 e. The Kier molecular flexibility index (Phi) is 7.18. The Morgan fingerprint density at radius 2 is 1.53 bits per heavy atom. The summed E-state index contributed by atoms with van der Waals surface area (Å²) in [5.41, 5.74) is 1.90. The van der Waals surface area contributed by atoms with E-state index in [0.717, 1.165) is 41.8 Å². The van der Waals surface area contributed by atoms with Crippen LogP contribution in [0, 0.1) is 0 Å². The molecule has 0 spiro atoms. The zero-order valence-corrected chi connectivity index (χ0v) is 20.3. The van der Waals surface area contributed by atoms with Crippen molar-refractivity contribution in [3.8, 4) is 10.6 Å². The lowest BCUT2D eigenvalue weighted by molar-refractivity contribution is -0.122. The van der Waals surface area contributed by atoms with Crippen LogP contribution < -0.4 is 10.6 Å². The van der Waals surface area contributed by atoms with Gasteiger partial charge in [0, 0.05) is 17.6 Å². The van der Waals surface area contributed by atoms with E-state index in [4.69, 9.17) is 0 Å². The van der Waals surface area contributed by atoms with Crippen molar-refractivity contribution in [1.29, 1.82) is 0 Å². The van der Waals surface area contributed by atoms with Crippen LogP contribution in [0.25, 0.3) is 15.5 Å². The first-order valence-electron chi connectivity index (χ1n) is 12.5. The quantitative estimate of drug-likeness (QED) is 0.535. The van der Waals surface area contributed by atoms with Gasteiger partial charge in [-0.2, -0.15) is 9.61 Å². The highest BCUT2D eigenvalue weighted by Gasteiger charge is 2.20. The summed E-state index contributed by atoms with van der Waals surface area (Å²) < 4.78 is 1.67. The predicted octanol–water partition coefficient (Wildman–Crippen LogP) is 3.84.